The number of hydrogen-bond donors (Lipinski definition) is 2. The van der Waals surface area contributed by atoms with Crippen molar-refractivity contribution in [3.8, 4) is 0 Å². The Balaban J connectivity index is 1.54. The molecule has 0 aliphatic carbocycles. The second-order valence-corrected chi connectivity index (χ2v) is 6.75. The number of carbonyl (C=O) groups excluding carboxylic acids is 1. The fourth-order valence-corrected chi connectivity index (χ4v) is 4.21. The molecule has 7 nitrogen and oxygen atoms in total. The van der Waals surface area contributed by atoms with Crippen molar-refractivity contribution in [1.29, 1.82) is 0 Å². The Hall–Kier alpha value is -2.57. The first-order valence-corrected chi connectivity index (χ1v) is 8.86. The summed E-state index contributed by atoms with van der Waals surface area (Å²) in [6, 6.07) is 8.11. The van der Waals surface area contributed by atoms with Crippen molar-refractivity contribution in [2.75, 3.05) is 11.9 Å². The van der Waals surface area contributed by atoms with Crippen LogP contribution >= 0.6 is 0 Å². The van der Waals surface area contributed by atoms with Gasteiger partial charge in [-0.2, -0.15) is 5.10 Å². The van der Waals surface area contributed by atoms with Crippen LogP contribution in [0.3, 0.4) is 0 Å². The zero-order valence-electron chi connectivity index (χ0n) is 14.2. The molecule has 2 aliphatic rings. The van der Waals surface area contributed by atoms with Crippen LogP contribution in [0.25, 0.3) is 10.8 Å². The number of amides is 1. The van der Waals surface area contributed by atoms with E-state index in [0.29, 0.717) is 17.8 Å². The quantitative estimate of drug-likeness (QED) is 0.895. The Kier molecular flexibility index (Phi) is 4.07. The summed E-state index contributed by atoms with van der Waals surface area (Å²) in [7, 11) is 0. The number of benzene rings is 1. The molecule has 1 aromatic carbocycles. The highest BCUT2D eigenvalue weighted by atomic mass is 16.6. The molecule has 25 heavy (non-hydrogen) atoms. The maximum atomic E-state index is 12.2. The lowest BCUT2D eigenvalue weighted by molar-refractivity contribution is 0.0711. The topological polar surface area (TPSA) is 87.3 Å². The molecule has 2 N–H and O–H groups in total. The van der Waals surface area contributed by atoms with Crippen molar-refractivity contribution >= 4 is 22.7 Å². The van der Waals surface area contributed by atoms with Crippen molar-refractivity contribution in [2.24, 2.45) is 0 Å². The maximum absolute atomic E-state index is 12.2. The highest BCUT2D eigenvalue weighted by Gasteiger charge is 2.44. The third kappa shape index (κ3) is 2.83. The molecule has 132 valence electrons. The second kappa shape index (κ2) is 6.38. The van der Waals surface area contributed by atoms with Gasteiger partial charge in [0.25, 0.3) is 5.56 Å². The molecule has 3 heterocycles. The molecule has 0 saturated carbocycles. The van der Waals surface area contributed by atoms with Crippen LogP contribution in [-0.4, -0.2) is 45.9 Å². The van der Waals surface area contributed by atoms with Gasteiger partial charge in [-0.1, -0.05) is 18.2 Å². The zero-order chi connectivity index (χ0) is 17.4. The Morgan fingerprint density at radius 3 is 2.64 bits per heavy atom. The Labute approximate surface area is 145 Å². The number of carbonyl (C=O) groups is 1. The number of ether oxygens (including phenoxy) is 1. The van der Waals surface area contributed by atoms with Crippen LogP contribution < -0.4 is 10.9 Å². The number of H-pyrrole nitrogens is 1. The molecule has 2 fully saturated rings. The van der Waals surface area contributed by atoms with E-state index in [0.717, 1.165) is 31.1 Å². The number of rotatable bonds is 3. The van der Waals surface area contributed by atoms with Crippen molar-refractivity contribution in [3.63, 3.8) is 0 Å². The minimum atomic E-state index is -0.193. The molecule has 1 unspecified atom stereocenters. The highest BCUT2D eigenvalue weighted by Crippen LogP contribution is 2.37. The van der Waals surface area contributed by atoms with Gasteiger partial charge in [0.05, 0.1) is 12.0 Å². The molecule has 0 spiro atoms. The Morgan fingerprint density at radius 2 is 1.96 bits per heavy atom. The van der Waals surface area contributed by atoms with E-state index in [1.54, 1.807) is 6.07 Å². The molecular formula is C18H22N4O3. The molecule has 2 aromatic rings. The third-order valence-corrected chi connectivity index (χ3v) is 5.25. The SMILES string of the molecule is CCOC(=O)N1[C@@H]2CC[C@H]1CC(Nc1n[nH]c(=O)c3ccccc13)C2. The Bertz CT molecular complexity index is 836. The number of aromatic amines is 1. The average Bonchev–Trinajstić information content (AvgIpc) is 2.89. The van der Waals surface area contributed by atoms with Crippen molar-refractivity contribution < 1.29 is 9.53 Å². The zero-order valence-corrected chi connectivity index (χ0v) is 14.2. The minimum absolute atomic E-state index is 0.182. The van der Waals surface area contributed by atoms with E-state index in [1.165, 1.54) is 0 Å². The van der Waals surface area contributed by atoms with E-state index in [9.17, 15) is 9.59 Å². The minimum Gasteiger partial charge on any atom is -0.450 e. The van der Waals surface area contributed by atoms with Gasteiger partial charge in [-0.25, -0.2) is 9.89 Å². The lowest BCUT2D eigenvalue weighted by Crippen LogP contribution is -2.50. The number of nitrogens with one attached hydrogen (secondary N) is 2. The van der Waals surface area contributed by atoms with Crippen molar-refractivity contribution in [3.05, 3.63) is 34.6 Å². The first kappa shape index (κ1) is 15.9. The van der Waals surface area contributed by atoms with Gasteiger partial charge in [-0.05, 0) is 38.7 Å². The van der Waals surface area contributed by atoms with Gasteiger partial charge >= 0.3 is 6.09 Å². The normalized spacial score (nSPS) is 25.2. The highest BCUT2D eigenvalue weighted by molar-refractivity contribution is 5.90. The molecule has 1 amide bonds. The number of piperidine rings is 1. The number of anilines is 1. The average molecular weight is 342 g/mol. The molecule has 2 saturated heterocycles. The van der Waals surface area contributed by atoms with E-state index in [2.05, 4.69) is 15.5 Å². The molecule has 0 radical (unpaired) electrons. The van der Waals surface area contributed by atoms with E-state index in [-0.39, 0.29) is 29.8 Å². The predicted molar refractivity (Wildman–Crippen MR) is 94.7 cm³/mol. The van der Waals surface area contributed by atoms with Crippen molar-refractivity contribution in [2.45, 2.75) is 50.7 Å². The molecule has 2 bridgehead atoms. The van der Waals surface area contributed by atoms with E-state index in [4.69, 9.17) is 4.74 Å². The first-order chi connectivity index (χ1) is 12.2. The molecule has 1 aromatic heterocycles. The second-order valence-electron chi connectivity index (χ2n) is 6.75. The van der Waals surface area contributed by atoms with Gasteiger partial charge < -0.3 is 15.0 Å². The number of aromatic nitrogens is 2. The summed E-state index contributed by atoms with van der Waals surface area (Å²) in [5, 5.41) is 11.7. The van der Waals surface area contributed by atoms with Crippen LogP contribution in [0.15, 0.2) is 29.1 Å². The summed E-state index contributed by atoms with van der Waals surface area (Å²) in [5.41, 5.74) is -0.182. The number of fused-ring (bicyclic) bond motifs is 3. The molecule has 2 aliphatic heterocycles. The van der Waals surface area contributed by atoms with Gasteiger partial charge in [0.1, 0.15) is 0 Å². The van der Waals surface area contributed by atoms with Gasteiger partial charge in [0.2, 0.25) is 0 Å². The fraction of sp³-hybridized carbons (Fsp3) is 0.500. The standard InChI is InChI=1S/C18H22N4O3/c1-2-25-18(24)22-12-7-8-13(22)10-11(9-12)19-16-14-5-3-4-6-15(14)17(23)21-20-16/h3-6,11-13H,2,7-10H2,1H3,(H,19,20)(H,21,23)/t11?,12-,13+. The molecular weight excluding hydrogens is 320 g/mol. The van der Waals surface area contributed by atoms with Gasteiger partial charge in [0.15, 0.2) is 5.82 Å². The van der Waals surface area contributed by atoms with E-state index < -0.39 is 0 Å². The number of nitrogens with zero attached hydrogens (tertiary/aromatic N) is 2. The maximum Gasteiger partial charge on any atom is 0.410 e. The third-order valence-electron chi connectivity index (χ3n) is 5.25. The summed E-state index contributed by atoms with van der Waals surface area (Å²) in [6.07, 6.45) is 3.57. The van der Waals surface area contributed by atoms with E-state index in [1.807, 2.05) is 30.0 Å². The summed E-state index contributed by atoms with van der Waals surface area (Å²) < 4.78 is 5.20. The molecule has 3 atom stereocenters. The first-order valence-electron chi connectivity index (χ1n) is 8.86. The van der Waals surface area contributed by atoms with Crippen LogP contribution in [0.2, 0.25) is 0 Å². The molecule has 7 heteroatoms. The fourth-order valence-electron chi connectivity index (χ4n) is 4.21. The van der Waals surface area contributed by atoms with Gasteiger partial charge in [-0.15, -0.1) is 0 Å². The lowest BCUT2D eigenvalue weighted by Gasteiger charge is -2.38. The summed E-state index contributed by atoms with van der Waals surface area (Å²) in [6.45, 7) is 2.24. The van der Waals surface area contributed by atoms with Crippen LogP contribution in [0.4, 0.5) is 10.6 Å². The van der Waals surface area contributed by atoms with Crippen molar-refractivity contribution in [1.82, 2.24) is 15.1 Å². The van der Waals surface area contributed by atoms with Crippen LogP contribution in [0.1, 0.15) is 32.6 Å². The summed E-state index contributed by atoms with van der Waals surface area (Å²) in [4.78, 5) is 26.0. The summed E-state index contributed by atoms with van der Waals surface area (Å²) >= 11 is 0. The number of hydrogen-bond acceptors (Lipinski definition) is 5. The molecule has 4 rings (SSSR count). The monoisotopic (exact) mass is 342 g/mol. The van der Waals surface area contributed by atoms with Crippen LogP contribution in [0, 0.1) is 0 Å². The van der Waals surface area contributed by atoms with Gasteiger partial charge in [0, 0.05) is 23.5 Å². The van der Waals surface area contributed by atoms with Crippen LogP contribution in [0.5, 0.6) is 0 Å². The van der Waals surface area contributed by atoms with Crippen LogP contribution in [-0.2, 0) is 4.74 Å². The summed E-state index contributed by atoms with van der Waals surface area (Å²) in [5.74, 6) is 0.698. The lowest BCUT2D eigenvalue weighted by atomic mass is 9.97. The smallest absolute Gasteiger partial charge is 0.410 e. The predicted octanol–water partition coefficient (Wildman–Crippen LogP) is 2.49. The van der Waals surface area contributed by atoms with Gasteiger partial charge in [-0.3, -0.25) is 4.79 Å². The Morgan fingerprint density at radius 1 is 1.28 bits per heavy atom. The largest absolute Gasteiger partial charge is 0.450 e. The van der Waals surface area contributed by atoms with E-state index >= 15 is 0 Å².